The second-order valence-electron chi connectivity index (χ2n) is 11.2. The summed E-state index contributed by atoms with van der Waals surface area (Å²) in [6.07, 6.45) is 13.4. The maximum Gasteiger partial charge on any atom is -0.0105 e. The first-order chi connectivity index (χ1) is 21.6. The molecule has 0 aliphatic carbocycles. The smallest absolute Gasteiger partial charge is 0.0105 e. The molecule has 0 radical (unpaired) electrons. The minimum Gasteiger partial charge on any atom is -0.0622 e. The summed E-state index contributed by atoms with van der Waals surface area (Å²) in [5.74, 6) is 0. The highest BCUT2D eigenvalue weighted by Crippen LogP contribution is 2.27. The molecule has 0 aliphatic heterocycles. The Morgan fingerprint density at radius 1 is 0.386 bits per heavy atom. The van der Waals surface area contributed by atoms with Crippen LogP contribution < -0.4 is 0 Å². The van der Waals surface area contributed by atoms with Crippen LogP contribution in [0.15, 0.2) is 146 Å². The molecule has 6 aromatic rings. The van der Waals surface area contributed by atoms with Gasteiger partial charge in [0.05, 0.1) is 0 Å². The average molecular weight is 565 g/mol. The standard InChI is InChI=1S/C44H36/c1-33(39-11-5-3-6-12-39)31-37-21-17-35(18-22-37)25-27-42-29-28-41-15-9-10-16-43(41)44(42)30-26-36-19-23-38(24-20-36)32-34(2)40-13-7-4-8-14-40/h3-32H,1-2H3. The third-order valence-corrected chi connectivity index (χ3v) is 8.00. The van der Waals surface area contributed by atoms with E-state index in [0.29, 0.717) is 0 Å². The van der Waals surface area contributed by atoms with Crippen molar-refractivity contribution in [1.82, 2.24) is 0 Å². The average Bonchev–Trinajstić information content (AvgIpc) is 3.08. The number of rotatable bonds is 8. The Bertz CT molecular complexity index is 1970. The topological polar surface area (TPSA) is 0 Å². The third-order valence-electron chi connectivity index (χ3n) is 8.00. The molecule has 0 atom stereocenters. The van der Waals surface area contributed by atoms with Crippen molar-refractivity contribution in [3.8, 4) is 0 Å². The number of hydrogen-bond acceptors (Lipinski definition) is 0. The molecule has 0 bridgehead atoms. The van der Waals surface area contributed by atoms with E-state index >= 15 is 0 Å². The van der Waals surface area contributed by atoms with Gasteiger partial charge in [0.2, 0.25) is 0 Å². The van der Waals surface area contributed by atoms with Crippen LogP contribution in [-0.2, 0) is 0 Å². The monoisotopic (exact) mass is 564 g/mol. The lowest BCUT2D eigenvalue weighted by Crippen LogP contribution is -1.85. The molecule has 0 saturated heterocycles. The van der Waals surface area contributed by atoms with Gasteiger partial charge in [0, 0.05) is 0 Å². The number of hydrogen-bond donors (Lipinski definition) is 0. The van der Waals surface area contributed by atoms with Crippen molar-refractivity contribution in [1.29, 1.82) is 0 Å². The van der Waals surface area contributed by atoms with E-state index in [4.69, 9.17) is 0 Å². The first-order valence-electron chi connectivity index (χ1n) is 15.2. The lowest BCUT2D eigenvalue weighted by Gasteiger charge is -2.08. The van der Waals surface area contributed by atoms with Gasteiger partial charge in [-0.1, -0.05) is 182 Å². The Balaban J connectivity index is 1.23. The highest BCUT2D eigenvalue weighted by molar-refractivity contribution is 5.97. The van der Waals surface area contributed by atoms with Gasteiger partial charge in [0.1, 0.15) is 0 Å². The molecular weight excluding hydrogens is 528 g/mol. The van der Waals surface area contributed by atoms with Crippen LogP contribution >= 0.6 is 0 Å². The summed E-state index contributed by atoms with van der Waals surface area (Å²) >= 11 is 0. The van der Waals surface area contributed by atoms with Crippen LogP contribution in [0, 0.1) is 0 Å². The second kappa shape index (κ2) is 13.7. The number of allylic oxidation sites excluding steroid dienone is 2. The molecular formula is C44H36. The molecule has 6 rings (SSSR count). The van der Waals surface area contributed by atoms with E-state index in [2.05, 4.69) is 196 Å². The van der Waals surface area contributed by atoms with Crippen molar-refractivity contribution in [3.05, 3.63) is 190 Å². The summed E-state index contributed by atoms with van der Waals surface area (Å²) in [6.45, 7) is 4.33. The van der Waals surface area contributed by atoms with E-state index in [1.54, 1.807) is 0 Å². The first-order valence-corrected chi connectivity index (χ1v) is 15.2. The molecule has 0 unspecified atom stereocenters. The Hall–Kier alpha value is -5.46. The van der Waals surface area contributed by atoms with Crippen LogP contribution in [0.2, 0.25) is 0 Å². The normalized spacial score (nSPS) is 12.4. The largest absolute Gasteiger partial charge is 0.0622 e. The van der Waals surface area contributed by atoms with Crippen molar-refractivity contribution in [3.63, 3.8) is 0 Å². The maximum absolute atomic E-state index is 2.25. The van der Waals surface area contributed by atoms with Gasteiger partial charge in [0.15, 0.2) is 0 Å². The quantitative estimate of drug-likeness (QED) is 0.161. The van der Waals surface area contributed by atoms with E-state index < -0.39 is 0 Å². The molecule has 0 fully saturated rings. The predicted octanol–water partition coefficient (Wildman–Crippen LogP) is 12.3. The summed E-state index contributed by atoms with van der Waals surface area (Å²) in [5, 5.41) is 2.49. The third kappa shape index (κ3) is 7.12. The number of fused-ring (bicyclic) bond motifs is 1. The minimum atomic E-state index is 1.18. The van der Waals surface area contributed by atoms with Crippen molar-refractivity contribution in [2.75, 3.05) is 0 Å². The molecule has 0 saturated carbocycles. The Labute approximate surface area is 261 Å². The molecule has 0 N–H and O–H groups in total. The molecule has 44 heavy (non-hydrogen) atoms. The van der Waals surface area contributed by atoms with Gasteiger partial charge >= 0.3 is 0 Å². The molecule has 0 amide bonds. The van der Waals surface area contributed by atoms with Crippen molar-refractivity contribution in [2.45, 2.75) is 13.8 Å². The molecule has 0 heterocycles. The summed E-state index contributed by atoms with van der Waals surface area (Å²) < 4.78 is 0. The lowest BCUT2D eigenvalue weighted by molar-refractivity contribution is 1.56. The van der Waals surface area contributed by atoms with Gasteiger partial charge < -0.3 is 0 Å². The molecule has 0 aliphatic rings. The van der Waals surface area contributed by atoms with Crippen molar-refractivity contribution < 1.29 is 0 Å². The fraction of sp³-hybridized carbons (Fsp3) is 0.0455. The van der Waals surface area contributed by atoms with Crippen LogP contribution in [0.4, 0.5) is 0 Å². The van der Waals surface area contributed by atoms with Crippen LogP contribution in [0.1, 0.15) is 58.4 Å². The van der Waals surface area contributed by atoms with E-state index in [0.717, 1.165) is 0 Å². The van der Waals surface area contributed by atoms with Crippen LogP contribution in [0.25, 0.3) is 58.4 Å². The van der Waals surface area contributed by atoms with Gasteiger partial charge in [-0.3, -0.25) is 0 Å². The van der Waals surface area contributed by atoms with E-state index in [9.17, 15) is 0 Å². The van der Waals surface area contributed by atoms with Gasteiger partial charge in [-0.25, -0.2) is 0 Å². The summed E-state index contributed by atoms with van der Waals surface area (Å²) in [6, 6.07) is 51.6. The van der Waals surface area contributed by atoms with E-state index in [-0.39, 0.29) is 0 Å². The molecule has 0 heteroatoms. The lowest BCUT2D eigenvalue weighted by atomic mass is 9.96. The zero-order chi connectivity index (χ0) is 30.1. The van der Waals surface area contributed by atoms with Crippen LogP contribution in [0.5, 0.6) is 0 Å². The second-order valence-corrected chi connectivity index (χ2v) is 11.2. The van der Waals surface area contributed by atoms with Gasteiger partial charge in [-0.15, -0.1) is 0 Å². The minimum absolute atomic E-state index is 1.18. The molecule has 0 nitrogen and oxygen atoms in total. The fourth-order valence-corrected chi connectivity index (χ4v) is 5.48. The van der Waals surface area contributed by atoms with Gasteiger partial charge in [0.25, 0.3) is 0 Å². The fourth-order valence-electron chi connectivity index (χ4n) is 5.48. The summed E-state index contributed by atoms with van der Waals surface area (Å²) in [7, 11) is 0. The van der Waals surface area contributed by atoms with Crippen molar-refractivity contribution in [2.24, 2.45) is 0 Å². The number of benzene rings is 6. The highest BCUT2D eigenvalue weighted by atomic mass is 14.1. The zero-order valence-electron chi connectivity index (χ0n) is 25.3. The Morgan fingerprint density at radius 2 is 0.841 bits per heavy atom. The van der Waals surface area contributed by atoms with Gasteiger partial charge in [-0.2, -0.15) is 0 Å². The molecule has 0 spiro atoms. The van der Waals surface area contributed by atoms with Crippen LogP contribution in [0.3, 0.4) is 0 Å². The Morgan fingerprint density at radius 3 is 1.39 bits per heavy atom. The molecule has 6 aromatic carbocycles. The summed E-state index contributed by atoms with van der Waals surface area (Å²) in [4.78, 5) is 0. The Kier molecular flexibility index (Phi) is 8.90. The van der Waals surface area contributed by atoms with Gasteiger partial charge in [-0.05, 0) is 80.3 Å². The van der Waals surface area contributed by atoms with Crippen LogP contribution in [-0.4, -0.2) is 0 Å². The highest BCUT2D eigenvalue weighted by Gasteiger charge is 2.04. The van der Waals surface area contributed by atoms with Crippen molar-refractivity contribution >= 4 is 58.4 Å². The first kappa shape index (κ1) is 28.6. The van der Waals surface area contributed by atoms with E-state index in [1.165, 1.54) is 66.4 Å². The maximum atomic E-state index is 2.25. The zero-order valence-corrected chi connectivity index (χ0v) is 25.3. The predicted molar refractivity (Wildman–Crippen MR) is 195 cm³/mol. The van der Waals surface area contributed by atoms with E-state index in [1.807, 2.05) is 0 Å². The SMILES string of the molecule is CC(=Cc1ccc(C=Cc2ccc3ccccc3c2C=Cc2ccc(C=C(C)c3ccccc3)cc2)cc1)c1ccccc1. The molecule has 212 valence electrons. The molecule has 0 aromatic heterocycles. The summed E-state index contributed by atoms with van der Waals surface area (Å²) in [5.41, 5.74) is 12.2.